The molecule has 25 heavy (non-hydrogen) atoms. The fraction of sp³-hybridized carbons (Fsp3) is 0.222. The number of benzene rings is 2. The van der Waals surface area contributed by atoms with Gasteiger partial charge >= 0.3 is 0 Å². The van der Waals surface area contributed by atoms with Gasteiger partial charge in [-0.05, 0) is 49.4 Å². The van der Waals surface area contributed by atoms with Crippen molar-refractivity contribution in [3.63, 3.8) is 0 Å². The zero-order chi connectivity index (χ0) is 17.8. The van der Waals surface area contributed by atoms with Crippen molar-refractivity contribution in [2.45, 2.75) is 19.5 Å². The molecule has 0 bridgehead atoms. The van der Waals surface area contributed by atoms with Crippen LogP contribution in [-0.2, 0) is 6.54 Å². The Kier molecular flexibility index (Phi) is 5.04. The van der Waals surface area contributed by atoms with Gasteiger partial charge in [0.05, 0.1) is 13.7 Å². The predicted octanol–water partition coefficient (Wildman–Crippen LogP) is 3.87. The molecule has 0 amide bonds. The van der Waals surface area contributed by atoms with Crippen LogP contribution >= 0.6 is 0 Å². The summed E-state index contributed by atoms with van der Waals surface area (Å²) in [5, 5.41) is 11.1. The molecule has 0 unspecified atom stereocenters. The summed E-state index contributed by atoms with van der Waals surface area (Å²) in [4.78, 5) is 0. The van der Waals surface area contributed by atoms with Crippen molar-refractivity contribution in [1.82, 2.24) is 15.5 Å². The van der Waals surface area contributed by atoms with E-state index in [2.05, 4.69) is 15.5 Å². The van der Waals surface area contributed by atoms with Crippen molar-refractivity contribution in [3.8, 4) is 17.2 Å². The Hall–Kier alpha value is -2.80. The Balaban J connectivity index is 1.68. The fourth-order valence-corrected chi connectivity index (χ4v) is 2.43. The Morgan fingerprint density at radius 3 is 2.52 bits per heavy atom. The molecule has 5 nitrogen and oxygen atoms in total. The highest BCUT2D eigenvalue weighted by Gasteiger charge is 2.14. The summed E-state index contributed by atoms with van der Waals surface area (Å²) in [6, 6.07) is 9.97. The van der Waals surface area contributed by atoms with Crippen molar-refractivity contribution in [1.29, 1.82) is 0 Å². The number of methoxy groups -OCH3 is 1. The lowest BCUT2D eigenvalue weighted by Gasteiger charge is -2.16. The molecule has 3 aromatic rings. The SMILES string of the molecule is COc1ccc(F)cc1[C@H](C)NCc1nnc(-c2ccc(F)cc2)o1. The molecule has 2 aromatic carbocycles. The molecule has 0 saturated heterocycles. The minimum atomic E-state index is -0.333. The van der Waals surface area contributed by atoms with Crippen molar-refractivity contribution in [2.24, 2.45) is 0 Å². The third kappa shape index (κ3) is 4.00. The lowest BCUT2D eigenvalue weighted by molar-refractivity contribution is 0.395. The molecule has 0 aliphatic rings. The first-order valence-corrected chi connectivity index (χ1v) is 7.72. The second-order valence-corrected chi connectivity index (χ2v) is 5.50. The molecular weight excluding hydrogens is 328 g/mol. The van der Waals surface area contributed by atoms with Crippen molar-refractivity contribution >= 4 is 0 Å². The largest absolute Gasteiger partial charge is 0.496 e. The van der Waals surface area contributed by atoms with E-state index in [9.17, 15) is 8.78 Å². The van der Waals surface area contributed by atoms with Gasteiger partial charge in [-0.25, -0.2) is 8.78 Å². The van der Waals surface area contributed by atoms with Gasteiger partial charge in [0.2, 0.25) is 11.8 Å². The quantitative estimate of drug-likeness (QED) is 0.735. The van der Waals surface area contributed by atoms with Gasteiger partial charge in [-0.15, -0.1) is 10.2 Å². The summed E-state index contributed by atoms with van der Waals surface area (Å²) in [6.07, 6.45) is 0. The summed E-state index contributed by atoms with van der Waals surface area (Å²) < 4.78 is 37.3. The number of nitrogens with zero attached hydrogens (tertiary/aromatic N) is 2. The lowest BCUT2D eigenvalue weighted by atomic mass is 10.1. The molecule has 1 heterocycles. The molecule has 1 N–H and O–H groups in total. The number of hydrogen-bond acceptors (Lipinski definition) is 5. The summed E-state index contributed by atoms with van der Waals surface area (Å²) in [6.45, 7) is 2.18. The van der Waals surface area contributed by atoms with Crippen LogP contribution in [0.5, 0.6) is 5.75 Å². The Labute approximate surface area is 143 Å². The van der Waals surface area contributed by atoms with Crippen molar-refractivity contribution < 1.29 is 17.9 Å². The minimum Gasteiger partial charge on any atom is -0.496 e. The maximum Gasteiger partial charge on any atom is 0.247 e. The number of aromatic nitrogens is 2. The van der Waals surface area contributed by atoms with Gasteiger partial charge in [0.1, 0.15) is 17.4 Å². The average Bonchev–Trinajstić information content (AvgIpc) is 3.09. The maximum absolute atomic E-state index is 13.5. The number of nitrogens with one attached hydrogen (secondary N) is 1. The highest BCUT2D eigenvalue weighted by Crippen LogP contribution is 2.26. The number of rotatable bonds is 6. The summed E-state index contributed by atoms with van der Waals surface area (Å²) in [5.41, 5.74) is 1.33. The van der Waals surface area contributed by atoms with Crippen LogP contribution in [-0.4, -0.2) is 17.3 Å². The van der Waals surface area contributed by atoms with E-state index in [1.807, 2.05) is 6.92 Å². The van der Waals surface area contributed by atoms with Crippen LogP contribution in [0.4, 0.5) is 8.78 Å². The molecule has 0 radical (unpaired) electrons. The first kappa shape index (κ1) is 17.0. The zero-order valence-corrected chi connectivity index (χ0v) is 13.8. The van der Waals surface area contributed by atoms with Crippen LogP contribution in [0.3, 0.4) is 0 Å². The van der Waals surface area contributed by atoms with E-state index in [0.717, 1.165) is 0 Å². The van der Waals surface area contributed by atoms with E-state index in [4.69, 9.17) is 9.15 Å². The van der Waals surface area contributed by atoms with Gasteiger partial charge in [-0.2, -0.15) is 0 Å². The van der Waals surface area contributed by atoms with Crippen LogP contribution in [0.1, 0.15) is 24.4 Å². The van der Waals surface area contributed by atoms with Gasteiger partial charge in [0.25, 0.3) is 0 Å². The van der Waals surface area contributed by atoms with Gasteiger partial charge in [0.15, 0.2) is 0 Å². The molecule has 0 saturated carbocycles. The van der Waals surface area contributed by atoms with Crippen LogP contribution in [0, 0.1) is 11.6 Å². The molecule has 7 heteroatoms. The van der Waals surface area contributed by atoms with E-state index in [1.54, 1.807) is 18.2 Å². The molecular formula is C18H17F2N3O2. The van der Waals surface area contributed by atoms with Crippen molar-refractivity contribution in [3.05, 3.63) is 65.6 Å². The van der Waals surface area contributed by atoms with Crippen LogP contribution in [0.15, 0.2) is 46.9 Å². The molecule has 0 aliphatic heterocycles. The molecule has 1 atom stereocenters. The fourth-order valence-electron chi connectivity index (χ4n) is 2.43. The summed E-state index contributed by atoms with van der Waals surface area (Å²) in [7, 11) is 1.54. The van der Waals surface area contributed by atoms with Crippen LogP contribution < -0.4 is 10.1 Å². The Morgan fingerprint density at radius 2 is 1.80 bits per heavy atom. The predicted molar refractivity (Wildman–Crippen MR) is 87.9 cm³/mol. The lowest BCUT2D eigenvalue weighted by Crippen LogP contribution is -2.19. The normalized spacial score (nSPS) is 12.2. The van der Waals surface area contributed by atoms with Gasteiger partial charge in [-0.1, -0.05) is 0 Å². The van der Waals surface area contributed by atoms with E-state index >= 15 is 0 Å². The van der Waals surface area contributed by atoms with Crippen LogP contribution in [0.2, 0.25) is 0 Å². The third-order valence-electron chi connectivity index (χ3n) is 3.78. The van der Waals surface area contributed by atoms with Crippen molar-refractivity contribution in [2.75, 3.05) is 7.11 Å². The van der Waals surface area contributed by atoms with E-state index < -0.39 is 0 Å². The Bertz CT molecular complexity index is 850. The number of hydrogen-bond donors (Lipinski definition) is 1. The minimum absolute atomic E-state index is 0.188. The van der Waals surface area contributed by atoms with E-state index in [0.29, 0.717) is 35.2 Å². The second kappa shape index (κ2) is 7.40. The summed E-state index contributed by atoms with van der Waals surface area (Å²) in [5.74, 6) is 0.622. The van der Waals surface area contributed by atoms with Gasteiger partial charge in [0, 0.05) is 17.2 Å². The first-order chi connectivity index (χ1) is 12.1. The average molecular weight is 345 g/mol. The highest BCUT2D eigenvalue weighted by atomic mass is 19.1. The molecule has 130 valence electrons. The number of ether oxygens (including phenoxy) is 1. The van der Waals surface area contributed by atoms with Crippen LogP contribution in [0.25, 0.3) is 11.5 Å². The molecule has 0 fully saturated rings. The van der Waals surface area contributed by atoms with Gasteiger partial charge < -0.3 is 14.5 Å². The number of halogens is 2. The summed E-state index contributed by atoms with van der Waals surface area (Å²) >= 11 is 0. The molecule has 0 spiro atoms. The molecule has 0 aliphatic carbocycles. The smallest absolute Gasteiger partial charge is 0.247 e. The topological polar surface area (TPSA) is 60.2 Å². The standard InChI is InChI=1S/C18H17F2N3O2/c1-11(15-9-14(20)7-8-16(15)24-2)21-10-17-22-23-18(25-17)12-3-5-13(19)6-4-12/h3-9,11,21H,10H2,1-2H3/t11-/m0/s1. The van der Waals surface area contributed by atoms with E-state index in [-0.39, 0.29) is 17.7 Å². The highest BCUT2D eigenvalue weighted by molar-refractivity contribution is 5.51. The second-order valence-electron chi connectivity index (χ2n) is 5.50. The monoisotopic (exact) mass is 345 g/mol. The zero-order valence-electron chi connectivity index (χ0n) is 13.8. The van der Waals surface area contributed by atoms with Gasteiger partial charge in [-0.3, -0.25) is 0 Å². The first-order valence-electron chi connectivity index (χ1n) is 7.72. The third-order valence-corrected chi connectivity index (χ3v) is 3.78. The Morgan fingerprint density at radius 1 is 1.08 bits per heavy atom. The molecule has 3 rings (SSSR count). The maximum atomic E-state index is 13.5. The van der Waals surface area contributed by atoms with E-state index in [1.165, 1.54) is 31.4 Å². The molecule has 1 aromatic heterocycles.